The Labute approximate surface area is 103 Å². The van der Waals surface area contributed by atoms with E-state index in [1.54, 1.807) is 0 Å². The first kappa shape index (κ1) is 12.1. The second-order valence-corrected chi connectivity index (χ2v) is 3.94. The highest BCUT2D eigenvalue weighted by atomic mass is 79.9. The van der Waals surface area contributed by atoms with Gasteiger partial charge in [-0.15, -0.1) is 17.0 Å². The van der Waals surface area contributed by atoms with Gasteiger partial charge in [-0.2, -0.15) is 0 Å². The van der Waals surface area contributed by atoms with E-state index in [1.807, 2.05) is 18.3 Å². The van der Waals surface area contributed by atoms with Crippen LogP contribution in [0.2, 0.25) is 0 Å². The zero-order valence-electron chi connectivity index (χ0n) is 7.66. The van der Waals surface area contributed by atoms with Crippen molar-refractivity contribution in [3.63, 3.8) is 0 Å². The van der Waals surface area contributed by atoms with Gasteiger partial charge in [0, 0.05) is 30.3 Å². The largest absolute Gasteiger partial charge is 0.314 e. The van der Waals surface area contributed by atoms with E-state index in [0.717, 1.165) is 29.8 Å². The molecule has 5 heteroatoms. The van der Waals surface area contributed by atoms with Gasteiger partial charge in [0.05, 0.1) is 11.7 Å². The minimum Gasteiger partial charge on any atom is -0.314 e. The fourth-order valence-electron chi connectivity index (χ4n) is 1.50. The highest BCUT2D eigenvalue weighted by Crippen LogP contribution is 2.20. The molecule has 1 aromatic rings. The molecule has 14 heavy (non-hydrogen) atoms. The lowest BCUT2D eigenvalue weighted by Gasteiger charge is -2.24. The molecule has 3 nitrogen and oxygen atoms in total. The maximum atomic E-state index is 4.35. The summed E-state index contributed by atoms with van der Waals surface area (Å²) >= 11 is 3.50. The third-order valence-corrected chi connectivity index (χ3v) is 2.83. The fraction of sp³-hybridized carbons (Fsp3) is 0.444. The average molecular weight is 323 g/mol. The Morgan fingerprint density at radius 1 is 1.43 bits per heavy atom. The van der Waals surface area contributed by atoms with Crippen molar-refractivity contribution in [2.75, 3.05) is 19.6 Å². The van der Waals surface area contributed by atoms with Crippen molar-refractivity contribution in [1.29, 1.82) is 0 Å². The van der Waals surface area contributed by atoms with E-state index in [0.29, 0.717) is 6.04 Å². The van der Waals surface area contributed by atoms with Gasteiger partial charge in [0.15, 0.2) is 0 Å². The quantitative estimate of drug-likeness (QED) is 0.825. The molecule has 1 saturated heterocycles. The normalized spacial score (nSPS) is 21.4. The van der Waals surface area contributed by atoms with E-state index in [1.165, 1.54) is 0 Å². The maximum Gasteiger partial charge on any atom is 0.0727 e. The molecule has 78 valence electrons. The number of halogens is 2. The number of pyridine rings is 1. The van der Waals surface area contributed by atoms with Crippen molar-refractivity contribution in [3.8, 4) is 0 Å². The van der Waals surface area contributed by atoms with E-state index in [2.05, 4.69) is 31.5 Å². The molecule has 1 unspecified atom stereocenters. The summed E-state index contributed by atoms with van der Waals surface area (Å²) < 4.78 is 1.08. The van der Waals surface area contributed by atoms with Gasteiger partial charge in [0.1, 0.15) is 0 Å². The van der Waals surface area contributed by atoms with Crippen molar-refractivity contribution < 1.29 is 0 Å². The van der Waals surface area contributed by atoms with Crippen LogP contribution in [-0.2, 0) is 0 Å². The summed E-state index contributed by atoms with van der Waals surface area (Å²) in [4.78, 5) is 4.35. The molecule has 2 N–H and O–H groups in total. The Balaban J connectivity index is 0.000000980. The highest BCUT2D eigenvalue weighted by Gasteiger charge is 2.17. The van der Waals surface area contributed by atoms with Crippen LogP contribution in [0.5, 0.6) is 0 Å². The van der Waals surface area contributed by atoms with E-state index < -0.39 is 0 Å². The minimum absolute atomic E-state index is 0. The number of piperazine rings is 1. The van der Waals surface area contributed by atoms with Crippen LogP contribution in [0.3, 0.4) is 0 Å². The molecule has 0 aliphatic carbocycles. The summed E-state index contributed by atoms with van der Waals surface area (Å²) in [5, 5.41) is 6.76. The molecule has 0 bridgehead atoms. The topological polar surface area (TPSA) is 37.0 Å². The van der Waals surface area contributed by atoms with Crippen molar-refractivity contribution in [2.45, 2.75) is 6.04 Å². The second kappa shape index (κ2) is 5.80. The summed E-state index contributed by atoms with van der Waals surface area (Å²) in [6, 6.07) is 4.30. The van der Waals surface area contributed by atoms with Crippen LogP contribution in [0.1, 0.15) is 11.7 Å². The Morgan fingerprint density at radius 2 is 2.29 bits per heavy atom. The van der Waals surface area contributed by atoms with Gasteiger partial charge >= 0.3 is 0 Å². The van der Waals surface area contributed by atoms with Crippen LogP contribution in [-0.4, -0.2) is 24.6 Å². The van der Waals surface area contributed by atoms with E-state index in [4.69, 9.17) is 0 Å². The molecule has 0 saturated carbocycles. The minimum atomic E-state index is 0. The predicted octanol–water partition coefficient (Wildman–Crippen LogP) is 1.66. The number of nitrogens with zero attached hydrogens (tertiary/aromatic N) is 1. The Bertz CT molecular complexity index is 287. The molecule has 1 aliphatic heterocycles. The highest BCUT2D eigenvalue weighted by molar-refractivity contribution is 9.10. The third kappa shape index (κ3) is 2.76. The predicted molar refractivity (Wildman–Crippen MR) is 65.9 cm³/mol. The van der Waals surface area contributed by atoms with Gasteiger partial charge in [0.25, 0.3) is 0 Å². The van der Waals surface area contributed by atoms with E-state index in [-0.39, 0.29) is 17.0 Å². The number of rotatable bonds is 1. The van der Waals surface area contributed by atoms with Crippen LogP contribution in [0.4, 0.5) is 0 Å². The second-order valence-electron chi connectivity index (χ2n) is 3.08. The molecule has 1 aromatic heterocycles. The first-order chi connectivity index (χ1) is 6.38. The van der Waals surface area contributed by atoms with Gasteiger partial charge in [-0.3, -0.25) is 4.98 Å². The molecular formula is C9H13Br2N3. The summed E-state index contributed by atoms with van der Waals surface area (Å²) in [6.45, 7) is 3.00. The molecular weight excluding hydrogens is 310 g/mol. The van der Waals surface area contributed by atoms with Crippen LogP contribution >= 0.6 is 32.9 Å². The average Bonchev–Trinajstić information content (AvgIpc) is 2.20. The third-order valence-electron chi connectivity index (χ3n) is 2.16. The van der Waals surface area contributed by atoms with Gasteiger partial charge < -0.3 is 10.6 Å². The standard InChI is InChI=1S/C9H12BrN3.BrH/c10-7-2-1-3-13-9(7)8-6-11-4-5-12-8;/h1-3,8,11-12H,4-6H2;1H. The number of aromatic nitrogens is 1. The first-order valence-corrected chi connectivity index (χ1v) is 5.22. The number of nitrogens with one attached hydrogen (secondary N) is 2. The molecule has 1 aliphatic rings. The lowest BCUT2D eigenvalue weighted by Crippen LogP contribution is -2.43. The fourth-order valence-corrected chi connectivity index (χ4v) is 2.03. The molecule has 2 heterocycles. The Morgan fingerprint density at radius 3 is 2.93 bits per heavy atom. The summed E-state index contributed by atoms with van der Waals surface area (Å²) in [5.74, 6) is 0. The van der Waals surface area contributed by atoms with Crippen molar-refractivity contribution >= 4 is 32.9 Å². The van der Waals surface area contributed by atoms with Crippen LogP contribution in [0.15, 0.2) is 22.8 Å². The smallest absolute Gasteiger partial charge is 0.0727 e. The zero-order valence-corrected chi connectivity index (χ0v) is 11.0. The van der Waals surface area contributed by atoms with Crippen molar-refractivity contribution in [2.24, 2.45) is 0 Å². The van der Waals surface area contributed by atoms with Crippen LogP contribution in [0, 0.1) is 0 Å². The van der Waals surface area contributed by atoms with Gasteiger partial charge in [-0.1, -0.05) is 0 Å². The zero-order chi connectivity index (χ0) is 9.10. The molecule has 2 rings (SSSR count). The molecule has 0 radical (unpaired) electrons. The monoisotopic (exact) mass is 321 g/mol. The maximum absolute atomic E-state index is 4.35. The first-order valence-electron chi connectivity index (χ1n) is 4.42. The van der Waals surface area contributed by atoms with Gasteiger partial charge in [-0.25, -0.2) is 0 Å². The Hall–Kier alpha value is 0.0300. The van der Waals surface area contributed by atoms with Gasteiger partial charge in [-0.05, 0) is 28.1 Å². The molecule has 0 amide bonds. The number of hydrogen-bond donors (Lipinski definition) is 2. The number of hydrogen-bond acceptors (Lipinski definition) is 3. The van der Waals surface area contributed by atoms with Crippen LogP contribution in [0.25, 0.3) is 0 Å². The van der Waals surface area contributed by atoms with E-state index in [9.17, 15) is 0 Å². The van der Waals surface area contributed by atoms with Crippen molar-refractivity contribution in [1.82, 2.24) is 15.6 Å². The molecule has 0 spiro atoms. The summed E-state index contributed by atoms with van der Waals surface area (Å²) in [6.07, 6.45) is 1.83. The summed E-state index contributed by atoms with van der Waals surface area (Å²) in [5.41, 5.74) is 1.09. The molecule has 1 atom stereocenters. The van der Waals surface area contributed by atoms with Gasteiger partial charge in [0.2, 0.25) is 0 Å². The summed E-state index contributed by atoms with van der Waals surface area (Å²) in [7, 11) is 0. The van der Waals surface area contributed by atoms with E-state index >= 15 is 0 Å². The van der Waals surface area contributed by atoms with Crippen LogP contribution < -0.4 is 10.6 Å². The molecule has 0 aromatic carbocycles. The lowest BCUT2D eigenvalue weighted by molar-refractivity contribution is 0.422. The Kier molecular flexibility index (Phi) is 5.01. The lowest BCUT2D eigenvalue weighted by atomic mass is 10.1. The molecule has 1 fully saturated rings. The SMILES string of the molecule is Br.Brc1cccnc1C1CNCCN1. The van der Waals surface area contributed by atoms with Crippen molar-refractivity contribution in [3.05, 3.63) is 28.5 Å².